The quantitative estimate of drug-likeness (QED) is 0.542. The number of benzene rings is 1. The molecule has 0 heterocycles. The van der Waals surface area contributed by atoms with Crippen LogP contribution in [0.1, 0.15) is 21.5 Å². The van der Waals surface area contributed by atoms with E-state index in [0.29, 0.717) is 0 Å². The van der Waals surface area contributed by atoms with Gasteiger partial charge in [-0.3, -0.25) is 9.59 Å². The summed E-state index contributed by atoms with van der Waals surface area (Å²) in [6.45, 7) is 0. The van der Waals surface area contributed by atoms with Crippen LogP contribution in [0.4, 0.5) is 13.2 Å². The number of rotatable bonds is 1. The van der Waals surface area contributed by atoms with Crippen LogP contribution in [0.15, 0.2) is 18.2 Å². The molecule has 2 nitrogen and oxygen atoms in total. The molecule has 0 aromatic heterocycles. The SMILES string of the molecule is O=CC#Cc1ccc(C=O)c(C(F)(F)F)c1. The van der Waals surface area contributed by atoms with Crippen LogP contribution in [0, 0.1) is 11.8 Å². The molecule has 0 saturated carbocycles. The highest BCUT2D eigenvalue weighted by molar-refractivity contribution is 5.79. The molecule has 1 aromatic carbocycles. The average Bonchev–Trinajstić information content (AvgIpc) is 2.24. The van der Waals surface area contributed by atoms with Crippen molar-refractivity contribution in [1.29, 1.82) is 0 Å². The molecule has 0 atom stereocenters. The van der Waals surface area contributed by atoms with Crippen molar-refractivity contribution < 1.29 is 22.8 Å². The molecule has 82 valence electrons. The van der Waals surface area contributed by atoms with Crippen LogP contribution in [-0.2, 0) is 11.0 Å². The van der Waals surface area contributed by atoms with E-state index in [-0.39, 0.29) is 18.1 Å². The molecule has 0 aliphatic heterocycles. The van der Waals surface area contributed by atoms with Crippen molar-refractivity contribution in [2.24, 2.45) is 0 Å². The Bertz CT molecular complexity index is 478. The van der Waals surface area contributed by atoms with Gasteiger partial charge >= 0.3 is 6.18 Å². The van der Waals surface area contributed by atoms with Gasteiger partial charge in [0.2, 0.25) is 0 Å². The molecule has 0 bridgehead atoms. The molecule has 16 heavy (non-hydrogen) atoms. The average molecular weight is 226 g/mol. The minimum Gasteiger partial charge on any atom is -0.298 e. The number of halogens is 3. The van der Waals surface area contributed by atoms with Gasteiger partial charge in [-0.1, -0.05) is 5.92 Å². The van der Waals surface area contributed by atoms with E-state index in [1.54, 1.807) is 0 Å². The summed E-state index contributed by atoms with van der Waals surface area (Å²) in [6, 6.07) is 3.00. The van der Waals surface area contributed by atoms with E-state index in [9.17, 15) is 22.8 Å². The van der Waals surface area contributed by atoms with Crippen LogP contribution in [0.5, 0.6) is 0 Å². The zero-order valence-corrected chi connectivity index (χ0v) is 7.84. The standard InChI is InChI=1S/C11H5F3O2/c12-11(13,14)10-6-8(2-1-5-15)3-4-9(10)7-16/h3-7H. The molecule has 0 aliphatic carbocycles. The predicted molar refractivity (Wildman–Crippen MR) is 49.8 cm³/mol. The Morgan fingerprint density at radius 3 is 2.38 bits per heavy atom. The third-order valence-electron chi connectivity index (χ3n) is 1.76. The van der Waals surface area contributed by atoms with Gasteiger partial charge in [-0.15, -0.1) is 0 Å². The van der Waals surface area contributed by atoms with Gasteiger partial charge in [-0.05, 0) is 24.1 Å². The first kappa shape index (κ1) is 12.0. The fourth-order valence-electron chi connectivity index (χ4n) is 1.10. The summed E-state index contributed by atoms with van der Waals surface area (Å²) in [6.07, 6.45) is -4.21. The number of aldehydes is 2. The van der Waals surface area contributed by atoms with Gasteiger partial charge in [-0.2, -0.15) is 13.2 Å². The first-order chi connectivity index (χ1) is 7.49. The molecule has 0 spiro atoms. The minimum atomic E-state index is -4.62. The van der Waals surface area contributed by atoms with Crippen molar-refractivity contribution in [2.75, 3.05) is 0 Å². The smallest absolute Gasteiger partial charge is 0.298 e. The molecule has 0 aliphatic rings. The van der Waals surface area contributed by atoms with Crippen molar-refractivity contribution in [3.8, 4) is 11.8 Å². The van der Waals surface area contributed by atoms with Crippen molar-refractivity contribution in [3.05, 3.63) is 34.9 Å². The molecule has 0 N–H and O–H groups in total. The number of carbonyl (C=O) groups excluding carboxylic acids is 2. The number of hydrogen-bond acceptors (Lipinski definition) is 2. The summed E-state index contributed by atoms with van der Waals surface area (Å²) < 4.78 is 37.4. The Hall–Kier alpha value is -2.09. The van der Waals surface area contributed by atoms with E-state index in [4.69, 9.17) is 0 Å². The maximum atomic E-state index is 12.5. The third kappa shape index (κ3) is 2.70. The van der Waals surface area contributed by atoms with Crippen LogP contribution in [0.25, 0.3) is 0 Å². The van der Waals surface area contributed by atoms with Gasteiger partial charge < -0.3 is 0 Å². The number of hydrogen-bond donors (Lipinski definition) is 0. The molecule has 0 fully saturated rings. The molecular formula is C11H5F3O2. The monoisotopic (exact) mass is 226 g/mol. The van der Waals surface area contributed by atoms with Crippen molar-refractivity contribution >= 4 is 12.6 Å². The Labute approximate surface area is 89.1 Å². The maximum absolute atomic E-state index is 12.5. The Morgan fingerprint density at radius 2 is 1.88 bits per heavy atom. The highest BCUT2D eigenvalue weighted by atomic mass is 19.4. The van der Waals surface area contributed by atoms with E-state index in [1.807, 2.05) is 5.92 Å². The van der Waals surface area contributed by atoms with Crippen LogP contribution in [-0.4, -0.2) is 12.6 Å². The summed E-state index contributed by atoms with van der Waals surface area (Å²) in [7, 11) is 0. The van der Waals surface area contributed by atoms with Crippen LogP contribution < -0.4 is 0 Å². The van der Waals surface area contributed by atoms with Crippen molar-refractivity contribution in [2.45, 2.75) is 6.18 Å². The van der Waals surface area contributed by atoms with Crippen molar-refractivity contribution in [1.82, 2.24) is 0 Å². The van der Waals surface area contributed by atoms with Crippen LogP contribution >= 0.6 is 0 Å². The van der Waals surface area contributed by atoms with Gasteiger partial charge in [0.05, 0.1) is 5.56 Å². The molecule has 1 aromatic rings. The van der Waals surface area contributed by atoms with Gasteiger partial charge in [0.1, 0.15) is 0 Å². The Kier molecular flexibility index (Phi) is 3.46. The number of alkyl halides is 3. The third-order valence-corrected chi connectivity index (χ3v) is 1.76. The summed E-state index contributed by atoms with van der Waals surface area (Å²) >= 11 is 0. The summed E-state index contributed by atoms with van der Waals surface area (Å²) in [5, 5.41) is 0. The van der Waals surface area contributed by atoms with E-state index >= 15 is 0 Å². The highest BCUT2D eigenvalue weighted by Crippen LogP contribution is 2.31. The van der Waals surface area contributed by atoms with Gasteiger partial charge in [0.25, 0.3) is 0 Å². The molecular weight excluding hydrogens is 221 g/mol. The van der Waals surface area contributed by atoms with E-state index in [0.717, 1.165) is 12.1 Å². The highest BCUT2D eigenvalue weighted by Gasteiger charge is 2.33. The molecule has 0 saturated heterocycles. The lowest BCUT2D eigenvalue weighted by atomic mass is 10.0. The Morgan fingerprint density at radius 1 is 1.19 bits per heavy atom. The van der Waals surface area contributed by atoms with E-state index < -0.39 is 17.3 Å². The fraction of sp³-hybridized carbons (Fsp3) is 0.0909. The predicted octanol–water partition coefficient (Wildman–Crippen LogP) is 2.07. The topological polar surface area (TPSA) is 34.1 Å². The first-order valence-electron chi connectivity index (χ1n) is 4.10. The van der Waals surface area contributed by atoms with E-state index in [2.05, 4.69) is 5.92 Å². The number of carbonyl (C=O) groups is 2. The van der Waals surface area contributed by atoms with Crippen molar-refractivity contribution in [3.63, 3.8) is 0 Å². The fourth-order valence-corrected chi connectivity index (χ4v) is 1.10. The lowest BCUT2D eigenvalue weighted by molar-refractivity contribution is -0.137. The van der Waals surface area contributed by atoms with Gasteiger partial charge in [0, 0.05) is 11.1 Å². The minimum absolute atomic E-state index is 0.0324. The normalized spacial score (nSPS) is 10.2. The zero-order chi connectivity index (χ0) is 12.2. The first-order valence-corrected chi connectivity index (χ1v) is 4.10. The van der Waals surface area contributed by atoms with Crippen LogP contribution in [0.2, 0.25) is 0 Å². The molecule has 0 unspecified atom stereocenters. The summed E-state index contributed by atoms with van der Waals surface area (Å²) in [4.78, 5) is 20.3. The summed E-state index contributed by atoms with van der Waals surface area (Å²) in [5.41, 5.74) is -1.48. The molecule has 0 radical (unpaired) electrons. The second-order valence-corrected chi connectivity index (χ2v) is 2.80. The van der Waals surface area contributed by atoms with Crippen LogP contribution in [0.3, 0.4) is 0 Å². The summed E-state index contributed by atoms with van der Waals surface area (Å²) in [5.74, 6) is 4.22. The second-order valence-electron chi connectivity index (χ2n) is 2.80. The lowest BCUT2D eigenvalue weighted by Crippen LogP contribution is -2.09. The van der Waals surface area contributed by atoms with Gasteiger partial charge in [-0.25, -0.2) is 0 Å². The molecule has 1 rings (SSSR count). The zero-order valence-electron chi connectivity index (χ0n) is 7.84. The lowest BCUT2D eigenvalue weighted by Gasteiger charge is -2.09. The Balaban J connectivity index is 3.32. The maximum Gasteiger partial charge on any atom is 0.417 e. The van der Waals surface area contributed by atoms with Gasteiger partial charge in [0.15, 0.2) is 12.6 Å². The largest absolute Gasteiger partial charge is 0.417 e. The molecule has 0 amide bonds. The molecule has 5 heteroatoms. The second kappa shape index (κ2) is 4.62. The van der Waals surface area contributed by atoms with E-state index in [1.165, 1.54) is 6.07 Å².